The summed E-state index contributed by atoms with van der Waals surface area (Å²) in [4.78, 5) is 14.2. The number of rotatable bonds is 7. The lowest BCUT2D eigenvalue weighted by Crippen LogP contribution is -2.44. The third-order valence-corrected chi connectivity index (χ3v) is 4.41. The van der Waals surface area contributed by atoms with Crippen molar-refractivity contribution in [3.05, 3.63) is 0 Å². The smallest absolute Gasteiger partial charge is 0.237 e. The highest BCUT2D eigenvalue weighted by Crippen LogP contribution is 2.33. The Kier molecular flexibility index (Phi) is 8.56. The summed E-state index contributed by atoms with van der Waals surface area (Å²) in [7, 11) is 4.05. The maximum absolute atomic E-state index is 12.1. The van der Waals surface area contributed by atoms with Gasteiger partial charge in [-0.1, -0.05) is 12.8 Å². The highest BCUT2D eigenvalue weighted by atomic mass is 35.5. The first kappa shape index (κ1) is 18.7. The summed E-state index contributed by atoms with van der Waals surface area (Å²) in [5.74, 6) is 0.867. The Morgan fingerprint density at radius 2 is 2.05 bits per heavy atom. The minimum Gasteiger partial charge on any atom is -0.378 e. The van der Waals surface area contributed by atoms with Gasteiger partial charge in [0.15, 0.2) is 0 Å². The molecule has 0 bridgehead atoms. The first-order valence-corrected chi connectivity index (χ1v) is 7.93. The molecule has 2 aliphatic rings. The summed E-state index contributed by atoms with van der Waals surface area (Å²) in [6, 6.07) is 0.598. The van der Waals surface area contributed by atoms with Crippen molar-refractivity contribution in [1.82, 2.24) is 15.5 Å². The van der Waals surface area contributed by atoms with E-state index in [1.165, 1.54) is 25.7 Å². The van der Waals surface area contributed by atoms with Crippen LogP contribution in [0.15, 0.2) is 0 Å². The van der Waals surface area contributed by atoms with Crippen LogP contribution in [0.2, 0.25) is 0 Å². The van der Waals surface area contributed by atoms with Crippen molar-refractivity contribution in [3.8, 4) is 0 Å². The van der Waals surface area contributed by atoms with Gasteiger partial charge < -0.3 is 20.3 Å². The second-order valence-corrected chi connectivity index (χ2v) is 6.31. The third kappa shape index (κ3) is 6.10. The van der Waals surface area contributed by atoms with Crippen molar-refractivity contribution in [2.45, 2.75) is 44.2 Å². The molecule has 1 amide bonds. The van der Waals surface area contributed by atoms with Gasteiger partial charge in [0.2, 0.25) is 5.91 Å². The van der Waals surface area contributed by atoms with Crippen LogP contribution in [-0.2, 0) is 9.53 Å². The number of carbonyl (C=O) groups excluding carboxylic acids is 1. The largest absolute Gasteiger partial charge is 0.378 e. The van der Waals surface area contributed by atoms with Crippen LogP contribution in [0.3, 0.4) is 0 Å². The predicted octanol–water partition coefficient (Wildman–Crippen LogP) is 1.02. The normalized spacial score (nSPS) is 28.0. The number of carbonyl (C=O) groups is 1. The summed E-state index contributed by atoms with van der Waals surface area (Å²) in [6.07, 6.45) is 6.17. The van der Waals surface area contributed by atoms with E-state index in [1.807, 2.05) is 14.1 Å². The number of amides is 1. The number of halogens is 1. The van der Waals surface area contributed by atoms with Gasteiger partial charge in [-0.3, -0.25) is 4.79 Å². The van der Waals surface area contributed by atoms with Crippen LogP contribution in [0, 0.1) is 5.92 Å². The van der Waals surface area contributed by atoms with Gasteiger partial charge in [0.1, 0.15) is 0 Å². The molecular weight excluding hydrogens is 290 g/mol. The van der Waals surface area contributed by atoms with E-state index in [4.69, 9.17) is 4.74 Å². The van der Waals surface area contributed by atoms with Gasteiger partial charge in [0.05, 0.1) is 19.3 Å². The van der Waals surface area contributed by atoms with Crippen LogP contribution in [0.4, 0.5) is 0 Å². The number of hydrogen-bond donors (Lipinski definition) is 2. The number of nitrogens with zero attached hydrogens (tertiary/aromatic N) is 1. The molecule has 3 atom stereocenters. The van der Waals surface area contributed by atoms with Gasteiger partial charge >= 0.3 is 0 Å². The lowest BCUT2D eigenvalue weighted by atomic mass is 9.85. The Morgan fingerprint density at radius 3 is 2.76 bits per heavy atom. The highest BCUT2D eigenvalue weighted by molar-refractivity contribution is 5.85. The Morgan fingerprint density at radius 1 is 1.29 bits per heavy atom. The average molecular weight is 320 g/mol. The monoisotopic (exact) mass is 319 g/mol. The molecule has 124 valence electrons. The molecule has 6 heteroatoms. The minimum atomic E-state index is 0. The quantitative estimate of drug-likeness (QED) is 0.688. The molecule has 0 radical (unpaired) electrons. The number of ether oxygens (including phenoxy) is 1. The molecule has 1 aliphatic heterocycles. The standard InChI is InChI=1S/C15H29N3O2.ClH/c1-18(2)8-10-20-9-7-16-15(19)14-11-12-5-3-4-6-13(12)17-14;/h12-14,17H,3-11H2,1-2H3,(H,16,19);1H. The topological polar surface area (TPSA) is 53.6 Å². The lowest BCUT2D eigenvalue weighted by molar-refractivity contribution is -0.123. The zero-order chi connectivity index (χ0) is 14.4. The summed E-state index contributed by atoms with van der Waals surface area (Å²) in [5.41, 5.74) is 0. The van der Waals surface area contributed by atoms with Crippen molar-refractivity contribution in [2.24, 2.45) is 5.92 Å². The van der Waals surface area contributed by atoms with E-state index in [-0.39, 0.29) is 24.4 Å². The molecule has 5 nitrogen and oxygen atoms in total. The average Bonchev–Trinajstić information content (AvgIpc) is 2.86. The molecule has 0 aromatic rings. The fraction of sp³-hybridized carbons (Fsp3) is 0.933. The lowest BCUT2D eigenvalue weighted by Gasteiger charge is -2.24. The third-order valence-electron chi connectivity index (χ3n) is 4.41. The van der Waals surface area contributed by atoms with Gasteiger partial charge in [-0.25, -0.2) is 0 Å². The molecule has 1 saturated heterocycles. The number of likely N-dealkylation sites (N-methyl/N-ethyl adjacent to an activating group) is 1. The van der Waals surface area contributed by atoms with Crippen molar-refractivity contribution >= 4 is 18.3 Å². The maximum Gasteiger partial charge on any atom is 0.237 e. The maximum atomic E-state index is 12.1. The molecular formula is C15H30ClN3O2. The highest BCUT2D eigenvalue weighted by Gasteiger charge is 2.37. The summed E-state index contributed by atoms with van der Waals surface area (Å²) in [6.45, 7) is 2.84. The van der Waals surface area contributed by atoms with Gasteiger partial charge in [-0.05, 0) is 39.3 Å². The van der Waals surface area contributed by atoms with Gasteiger partial charge in [-0.15, -0.1) is 12.4 Å². The van der Waals surface area contributed by atoms with E-state index < -0.39 is 0 Å². The van der Waals surface area contributed by atoms with E-state index in [0.717, 1.165) is 18.9 Å². The molecule has 2 N–H and O–H groups in total. The van der Waals surface area contributed by atoms with Crippen LogP contribution in [-0.4, -0.2) is 63.3 Å². The molecule has 0 aromatic carbocycles. The first-order valence-electron chi connectivity index (χ1n) is 7.93. The molecule has 1 heterocycles. The number of hydrogen-bond acceptors (Lipinski definition) is 4. The van der Waals surface area contributed by atoms with Gasteiger partial charge in [0, 0.05) is 19.1 Å². The fourth-order valence-corrected chi connectivity index (χ4v) is 3.24. The number of nitrogens with one attached hydrogen (secondary N) is 2. The van der Waals surface area contributed by atoms with E-state index in [1.54, 1.807) is 0 Å². The Balaban J connectivity index is 0.00000220. The second kappa shape index (κ2) is 9.62. The molecule has 1 saturated carbocycles. The summed E-state index contributed by atoms with van der Waals surface area (Å²) >= 11 is 0. The van der Waals surface area contributed by atoms with Crippen molar-refractivity contribution in [3.63, 3.8) is 0 Å². The van der Waals surface area contributed by atoms with Crippen molar-refractivity contribution in [2.75, 3.05) is 40.4 Å². The zero-order valence-corrected chi connectivity index (χ0v) is 14.1. The molecule has 1 aliphatic carbocycles. The van der Waals surface area contributed by atoms with Crippen LogP contribution in [0.1, 0.15) is 32.1 Å². The summed E-state index contributed by atoms with van der Waals surface area (Å²) in [5, 5.41) is 6.48. The molecule has 2 fully saturated rings. The van der Waals surface area contributed by atoms with Crippen molar-refractivity contribution in [1.29, 1.82) is 0 Å². The first-order chi connectivity index (χ1) is 9.66. The van der Waals surface area contributed by atoms with E-state index in [2.05, 4.69) is 15.5 Å². The molecule has 2 rings (SSSR count). The Bertz CT molecular complexity index is 301. The second-order valence-electron chi connectivity index (χ2n) is 6.31. The van der Waals surface area contributed by atoms with Crippen LogP contribution < -0.4 is 10.6 Å². The van der Waals surface area contributed by atoms with E-state index in [0.29, 0.717) is 25.8 Å². The van der Waals surface area contributed by atoms with E-state index >= 15 is 0 Å². The van der Waals surface area contributed by atoms with Gasteiger partial charge in [0.25, 0.3) is 0 Å². The summed E-state index contributed by atoms with van der Waals surface area (Å²) < 4.78 is 5.48. The van der Waals surface area contributed by atoms with Gasteiger partial charge in [-0.2, -0.15) is 0 Å². The molecule has 0 aromatic heterocycles. The molecule has 3 unspecified atom stereocenters. The minimum absolute atomic E-state index is 0. The SMILES string of the molecule is CN(C)CCOCCNC(=O)C1CC2CCCCC2N1.Cl. The zero-order valence-electron chi connectivity index (χ0n) is 13.3. The molecule has 21 heavy (non-hydrogen) atoms. The van der Waals surface area contributed by atoms with Crippen LogP contribution in [0.5, 0.6) is 0 Å². The van der Waals surface area contributed by atoms with Crippen LogP contribution >= 0.6 is 12.4 Å². The Labute approximate surface area is 134 Å². The predicted molar refractivity (Wildman–Crippen MR) is 86.9 cm³/mol. The van der Waals surface area contributed by atoms with Crippen molar-refractivity contribution < 1.29 is 9.53 Å². The van der Waals surface area contributed by atoms with E-state index in [9.17, 15) is 4.79 Å². The number of fused-ring (bicyclic) bond motifs is 1. The van der Waals surface area contributed by atoms with Crippen LogP contribution in [0.25, 0.3) is 0 Å². The molecule has 0 spiro atoms. The fourth-order valence-electron chi connectivity index (χ4n) is 3.24. The Hall–Kier alpha value is -0.360.